The van der Waals surface area contributed by atoms with Crippen LogP contribution in [0.4, 0.5) is 0 Å². The van der Waals surface area contributed by atoms with Crippen LogP contribution in [0.3, 0.4) is 0 Å². The number of nitrogens with zero attached hydrogens (tertiary/aromatic N) is 1. The molecule has 1 unspecified atom stereocenters. The third kappa shape index (κ3) is 2.57. The van der Waals surface area contributed by atoms with E-state index in [-0.39, 0.29) is 5.78 Å². The monoisotopic (exact) mass is 242 g/mol. The van der Waals surface area contributed by atoms with Crippen molar-refractivity contribution in [1.82, 2.24) is 4.98 Å². The highest BCUT2D eigenvalue weighted by atomic mass is 16.1. The first-order valence-corrected chi connectivity index (χ1v) is 6.22. The molecule has 0 radical (unpaired) electrons. The van der Waals surface area contributed by atoms with Crippen LogP contribution in [0.15, 0.2) is 36.7 Å². The molecule has 1 aromatic carbocycles. The number of pyridine rings is 1. The van der Waals surface area contributed by atoms with E-state index in [1.807, 2.05) is 24.3 Å². The number of aromatic nitrogens is 1. The summed E-state index contributed by atoms with van der Waals surface area (Å²) in [4.78, 5) is 16.4. The Morgan fingerprint density at radius 3 is 2.72 bits per heavy atom. The van der Waals surface area contributed by atoms with Gasteiger partial charge in [-0.1, -0.05) is 38.1 Å². The van der Waals surface area contributed by atoms with Crippen LogP contribution in [-0.2, 0) is 0 Å². The van der Waals surface area contributed by atoms with Gasteiger partial charge in [0, 0.05) is 23.3 Å². The standard InChI is InChI=1S/C15H18N2O/c1-10(2)7-14(16)15(18)13-9-17-8-11-5-3-4-6-12(11)13/h3-6,8-10,14H,7,16H2,1-2H3. The minimum atomic E-state index is -0.447. The Kier molecular flexibility index (Phi) is 3.72. The minimum Gasteiger partial charge on any atom is -0.321 e. The lowest BCUT2D eigenvalue weighted by molar-refractivity contribution is 0.0952. The van der Waals surface area contributed by atoms with E-state index in [0.29, 0.717) is 17.9 Å². The molecule has 1 atom stereocenters. The Morgan fingerprint density at radius 1 is 1.28 bits per heavy atom. The van der Waals surface area contributed by atoms with Crippen molar-refractivity contribution in [3.05, 3.63) is 42.2 Å². The predicted molar refractivity (Wildman–Crippen MR) is 73.5 cm³/mol. The molecule has 0 aliphatic heterocycles. The van der Waals surface area contributed by atoms with E-state index in [1.54, 1.807) is 12.4 Å². The number of hydrogen-bond donors (Lipinski definition) is 1. The molecule has 2 aromatic rings. The Labute approximate surface area is 107 Å². The summed E-state index contributed by atoms with van der Waals surface area (Å²) in [7, 11) is 0. The number of Topliss-reactive ketones (excluding diaryl/α,β-unsaturated/α-hetero) is 1. The SMILES string of the molecule is CC(C)CC(N)C(=O)c1cncc2ccccc12. The van der Waals surface area contributed by atoms with Crippen molar-refractivity contribution < 1.29 is 4.79 Å². The average Bonchev–Trinajstić information content (AvgIpc) is 2.36. The zero-order chi connectivity index (χ0) is 13.1. The number of carbonyl (C=O) groups is 1. The van der Waals surface area contributed by atoms with E-state index < -0.39 is 6.04 Å². The Bertz CT molecular complexity index is 558. The van der Waals surface area contributed by atoms with Gasteiger partial charge in [0.25, 0.3) is 0 Å². The number of fused-ring (bicyclic) bond motifs is 1. The fourth-order valence-electron chi connectivity index (χ4n) is 2.13. The zero-order valence-electron chi connectivity index (χ0n) is 10.8. The second kappa shape index (κ2) is 5.27. The summed E-state index contributed by atoms with van der Waals surface area (Å²) >= 11 is 0. The Hall–Kier alpha value is -1.74. The fraction of sp³-hybridized carbons (Fsp3) is 0.333. The van der Waals surface area contributed by atoms with Gasteiger partial charge in [-0.2, -0.15) is 0 Å². The van der Waals surface area contributed by atoms with Gasteiger partial charge in [0.1, 0.15) is 0 Å². The lowest BCUT2D eigenvalue weighted by Gasteiger charge is -2.14. The lowest BCUT2D eigenvalue weighted by atomic mass is 9.95. The van der Waals surface area contributed by atoms with Gasteiger partial charge in [0.2, 0.25) is 0 Å². The second-order valence-corrected chi connectivity index (χ2v) is 5.01. The topological polar surface area (TPSA) is 56.0 Å². The van der Waals surface area contributed by atoms with Crippen LogP contribution in [0.25, 0.3) is 10.8 Å². The first-order chi connectivity index (χ1) is 8.59. The van der Waals surface area contributed by atoms with Crippen LogP contribution in [0.5, 0.6) is 0 Å². The van der Waals surface area contributed by atoms with Crippen molar-refractivity contribution in [1.29, 1.82) is 0 Å². The van der Waals surface area contributed by atoms with Gasteiger partial charge in [0.05, 0.1) is 6.04 Å². The molecule has 0 spiro atoms. The number of carbonyl (C=O) groups excluding carboxylic acids is 1. The summed E-state index contributed by atoms with van der Waals surface area (Å²) < 4.78 is 0. The number of nitrogens with two attached hydrogens (primary N) is 1. The third-order valence-electron chi connectivity index (χ3n) is 3.00. The van der Waals surface area contributed by atoms with Crippen LogP contribution in [0.1, 0.15) is 30.6 Å². The lowest BCUT2D eigenvalue weighted by Crippen LogP contribution is -2.32. The van der Waals surface area contributed by atoms with Crippen molar-refractivity contribution in [2.75, 3.05) is 0 Å². The maximum absolute atomic E-state index is 12.3. The van der Waals surface area contributed by atoms with Gasteiger partial charge in [-0.15, -0.1) is 0 Å². The maximum atomic E-state index is 12.3. The molecule has 1 aromatic heterocycles. The molecule has 1 heterocycles. The van der Waals surface area contributed by atoms with Gasteiger partial charge in [-0.05, 0) is 17.7 Å². The molecular weight excluding hydrogens is 224 g/mol. The Balaban J connectivity index is 2.39. The maximum Gasteiger partial charge on any atom is 0.181 e. The van der Waals surface area contributed by atoms with Gasteiger partial charge < -0.3 is 5.73 Å². The highest BCUT2D eigenvalue weighted by Crippen LogP contribution is 2.19. The van der Waals surface area contributed by atoms with E-state index in [1.165, 1.54) is 0 Å². The quantitative estimate of drug-likeness (QED) is 0.839. The van der Waals surface area contributed by atoms with Gasteiger partial charge >= 0.3 is 0 Å². The molecule has 3 heteroatoms. The average molecular weight is 242 g/mol. The first kappa shape index (κ1) is 12.7. The van der Waals surface area contributed by atoms with E-state index >= 15 is 0 Å². The van der Waals surface area contributed by atoms with Gasteiger partial charge in [0.15, 0.2) is 5.78 Å². The minimum absolute atomic E-state index is 0.0204. The number of ketones is 1. The summed E-state index contributed by atoms with van der Waals surface area (Å²) in [5.74, 6) is 0.389. The number of benzene rings is 1. The zero-order valence-corrected chi connectivity index (χ0v) is 10.8. The van der Waals surface area contributed by atoms with Crippen LogP contribution < -0.4 is 5.73 Å². The molecule has 3 nitrogen and oxygen atoms in total. The summed E-state index contributed by atoms with van der Waals surface area (Å²) in [6, 6.07) is 7.30. The summed E-state index contributed by atoms with van der Waals surface area (Å²) in [5.41, 5.74) is 6.59. The summed E-state index contributed by atoms with van der Waals surface area (Å²) in [5, 5.41) is 1.90. The largest absolute Gasteiger partial charge is 0.321 e. The number of rotatable bonds is 4. The van der Waals surface area contributed by atoms with Crippen molar-refractivity contribution in [3.8, 4) is 0 Å². The highest BCUT2D eigenvalue weighted by Gasteiger charge is 2.19. The molecule has 2 N–H and O–H groups in total. The smallest absolute Gasteiger partial charge is 0.181 e. The van der Waals surface area contributed by atoms with Crippen LogP contribution in [-0.4, -0.2) is 16.8 Å². The number of hydrogen-bond acceptors (Lipinski definition) is 3. The molecule has 0 amide bonds. The summed E-state index contributed by atoms with van der Waals surface area (Å²) in [6.07, 6.45) is 4.08. The van der Waals surface area contributed by atoms with Crippen molar-refractivity contribution in [2.45, 2.75) is 26.3 Å². The molecule has 0 bridgehead atoms. The normalized spacial score (nSPS) is 12.9. The molecule has 0 saturated carbocycles. The summed E-state index contributed by atoms with van der Waals surface area (Å²) in [6.45, 7) is 4.13. The van der Waals surface area contributed by atoms with Crippen molar-refractivity contribution in [3.63, 3.8) is 0 Å². The van der Waals surface area contributed by atoms with E-state index in [4.69, 9.17) is 5.73 Å². The predicted octanol–water partition coefficient (Wildman–Crippen LogP) is 2.79. The molecule has 0 saturated heterocycles. The van der Waals surface area contributed by atoms with Gasteiger partial charge in [-0.3, -0.25) is 9.78 Å². The third-order valence-corrected chi connectivity index (χ3v) is 3.00. The van der Waals surface area contributed by atoms with Crippen LogP contribution >= 0.6 is 0 Å². The molecular formula is C15H18N2O. The van der Waals surface area contributed by atoms with Crippen LogP contribution in [0.2, 0.25) is 0 Å². The Morgan fingerprint density at radius 2 is 2.00 bits per heavy atom. The van der Waals surface area contributed by atoms with Gasteiger partial charge in [-0.25, -0.2) is 0 Å². The van der Waals surface area contributed by atoms with E-state index in [0.717, 1.165) is 10.8 Å². The molecule has 0 aliphatic rings. The van der Waals surface area contributed by atoms with Crippen LogP contribution in [0, 0.1) is 5.92 Å². The highest BCUT2D eigenvalue weighted by molar-refractivity contribution is 6.09. The fourth-order valence-corrected chi connectivity index (χ4v) is 2.13. The van der Waals surface area contributed by atoms with E-state index in [9.17, 15) is 4.79 Å². The van der Waals surface area contributed by atoms with Crippen molar-refractivity contribution >= 4 is 16.6 Å². The molecule has 2 rings (SSSR count). The molecule has 18 heavy (non-hydrogen) atoms. The second-order valence-electron chi connectivity index (χ2n) is 5.01. The molecule has 0 aliphatic carbocycles. The first-order valence-electron chi connectivity index (χ1n) is 6.22. The molecule has 0 fully saturated rings. The molecule has 94 valence electrons. The van der Waals surface area contributed by atoms with Crippen molar-refractivity contribution in [2.24, 2.45) is 11.7 Å². The van der Waals surface area contributed by atoms with E-state index in [2.05, 4.69) is 18.8 Å².